The lowest BCUT2D eigenvalue weighted by molar-refractivity contribution is 0.584. The molecule has 0 amide bonds. The maximum atomic E-state index is 13.5. The summed E-state index contributed by atoms with van der Waals surface area (Å²) in [6, 6.07) is 13.4. The molecule has 142 valence electrons. The second-order valence-corrected chi connectivity index (χ2v) is 6.73. The van der Waals surface area contributed by atoms with Gasteiger partial charge in [0.05, 0.1) is 0 Å². The predicted molar refractivity (Wildman–Crippen MR) is 120 cm³/mol. The first-order valence-electron chi connectivity index (χ1n) is 9.02. The molecule has 0 bridgehead atoms. The monoisotopic (exact) mass is 478 g/mol. The van der Waals surface area contributed by atoms with Crippen LogP contribution in [0.15, 0.2) is 53.7 Å². The highest BCUT2D eigenvalue weighted by atomic mass is 127. The summed E-state index contributed by atoms with van der Waals surface area (Å²) >= 11 is 0. The van der Waals surface area contributed by atoms with Crippen molar-refractivity contribution in [2.75, 3.05) is 20.1 Å². The van der Waals surface area contributed by atoms with Crippen molar-refractivity contribution < 1.29 is 4.39 Å². The Morgan fingerprint density at radius 1 is 1.22 bits per heavy atom. The van der Waals surface area contributed by atoms with Crippen molar-refractivity contribution in [2.45, 2.75) is 18.8 Å². The fourth-order valence-corrected chi connectivity index (χ4v) is 3.66. The van der Waals surface area contributed by atoms with Crippen molar-refractivity contribution >= 4 is 40.8 Å². The number of hydrogen-bond acceptors (Lipinski definition) is 1. The number of rotatable bonds is 5. The molecular weight excluding hydrogens is 454 g/mol. The van der Waals surface area contributed by atoms with E-state index >= 15 is 0 Å². The molecular formula is C21H24FIN4. The first-order chi connectivity index (χ1) is 12.7. The Bertz CT molecular complexity index is 950. The number of aliphatic imine (C=N–C) groups is 1. The molecule has 1 atom stereocenters. The molecule has 6 heteroatoms. The number of guanidine groups is 1. The highest BCUT2D eigenvalue weighted by Gasteiger charge is 2.25. The van der Waals surface area contributed by atoms with E-state index < -0.39 is 0 Å². The van der Waals surface area contributed by atoms with Gasteiger partial charge in [-0.25, -0.2) is 4.39 Å². The summed E-state index contributed by atoms with van der Waals surface area (Å²) in [6.07, 6.45) is 3.88. The van der Waals surface area contributed by atoms with Crippen LogP contribution in [0.25, 0.3) is 10.9 Å². The van der Waals surface area contributed by atoms with Crippen LogP contribution in [-0.2, 0) is 12.8 Å². The lowest BCUT2D eigenvalue weighted by Gasteiger charge is -2.30. The van der Waals surface area contributed by atoms with Crippen molar-refractivity contribution in [2.24, 2.45) is 4.99 Å². The normalized spacial score (nSPS) is 15.6. The highest BCUT2D eigenvalue weighted by molar-refractivity contribution is 14.0. The lowest BCUT2D eigenvalue weighted by atomic mass is 9.78. The molecule has 1 aliphatic rings. The average Bonchev–Trinajstić information content (AvgIpc) is 3.03. The van der Waals surface area contributed by atoms with Crippen molar-refractivity contribution in [1.29, 1.82) is 0 Å². The van der Waals surface area contributed by atoms with Crippen LogP contribution in [0.3, 0.4) is 0 Å². The van der Waals surface area contributed by atoms with Gasteiger partial charge in [-0.2, -0.15) is 0 Å². The Kier molecular flexibility index (Phi) is 6.36. The van der Waals surface area contributed by atoms with Gasteiger partial charge in [0.2, 0.25) is 0 Å². The van der Waals surface area contributed by atoms with Gasteiger partial charge in [0.1, 0.15) is 5.82 Å². The lowest BCUT2D eigenvalue weighted by Crippen LogP contribution is -2.41. The molecule has 1 heterocycles. The average molecular weight is 478 g/mol. The van der Waals surface area contributed by atoms with Crippen LogP contribution in [0.5, 0.6) is 0 Å². The SMILES string of the molecule is CN=C(NCCc1c[nH]c2ccc(F)cc12)NCC1Cc2ccccc21.I. The van der Waals surface area contributed by atoms with Crippen LogP contribution in [0, 0.1) is 5.82 Å². The zero-order valence-electron chi connectivity index (χ0n) is 15.3. The van der Waals surface area contributed by atoms with Crippen molar-refractivity contribution in [3.05, 3.63) is 71.2 Å². The van der Waals surface area contributed by atoms with Gasteiger partial charge >= 0.3 is 0 Å². The maximum absolute atomic E-state index is 13.5. The van der Waals surface area contributed by atoms with E-state index in [9.17, 15) is 4.39 Å². The van der Waals surface area contributed by atoms with E-state index in [-0.39, 0.29) is 29.8 Å². The summed E-state index contributed by atoms with van der Waals surface area (Å²) < 4.78 is 13.5. The standard InChI is InChI=1S/C21H23FN4.HI/c1-23-21(26-13-16-10-14-4-2-3-5-18(14)16)24-9-8-15-12-25-20-7-6-17(22)11-19(15)20;/h2-7,11-12,16,25H,8-10,13H2,1H3,(H2,23,24,26);1H. The number of nitrogens with one attached hydrogen (secondary N) is 3. The molecule has 0 fully saturated rings. The number of halogens is 2. The van der Waals surface area contributed by atoms with E-state index in [2.05, 4.69) is 44.9 Å². The first kappa shape index (κ1) is 19.7. The molecule has 1 aliphatic carbocycles. The number of benzene rings is 2. The number of aromatic nitrogens is 1. The Hall–Kier alpha value is -2.09. The van der Waals surface area contributed by atoms with Crippen LogP contribution in [0.1, 0.15) is 22.6 Å². The van der Waals surface area contributed by atoms with Gasteiger partial charge in [0.15, 0.2) is 5.96 Å². The van der Waals surface area contributed by atoms with Crippen LogP contribution in [0.4, 0.5) is 4.39 Å². The minimum absolute atomic E-state index is 0. The second kappa shape index (κ2) is 8.73. The molecule has 1 unspecified atom stereocenters. The molecule has 4 nitrogen and oxygen atoms in total. The molecule has 0 radical (unpaired) electrons. The summed E-state index contributed by atoms with van der Waals surface area (Å²) in [5.41, 5.74) is 4.97. The van der Waals surface area contributed by atoms with E-state index in [1.807, 2.05) is 6.20 Å². The fraction of sp³-hybridized carbons (Fsp3) is 0.286. The maximum Gasteiger partial charge on any atom is 0.191 e. The number of hydrogen-bond donors (Lipinski definition) is 3. The minimum Gasteiger partial charge on any atom is -0.361 e. The van der Waals surface area contributed by atoms with E-state index in [1.54, 1.807) is 19.2 Å². The zero-order chi connectivity index (χ0) is 17.9. The molecule has 0 spiro atoms. The zero-order valence-corrected chi connectivity index (χ0v) is 17.6. The Balaban J connectivity index is 0.00000210. The number of fused-ring (bicyclic) bond motifs is 2. The third-order valence-electron chi connectivity index (χ3n) is 5.12. The molecule has 0 aliphatic heterocycles. The minimum atomic E-state index is -0.204. The van der Waals surface area contributed by atoms with Crippen LogP contribution in [0.2, 0.25) is 0 Å². The molecule has 4 rings (SSSR count). The quantitative estimate of drug-likeness (QED) is 0.295. The predicted octanol–water partition coefficient (Wildman–Crippen LogP) is 3.97. The highest BCUT2D eigenvalue weighted by Crippen LogP contribution is 2.33. The molecule has 1 aromatic heterocycles. The third-order valence-corrected chi connectivity index (χ3v) is 5.12. The summed E-state index contributed by atoms with van der Waals surface area (Å²) in [5.74, 6) is 1.16. The summed E-state index contributed by atoms with van der Waals surface area (Å²) in [7, 11) is 1.78. The molecule has 3 aromatic rings. The van der Waals surface area contributed by atoms with Gasteiger partial charge < -0.3 is 15.6 Å². The van der Waals surface area contributed by atoms with Gasteiger partial charge in [-0.05, 0) is 47.7 Å². The fourth-order valence-electron chi connectivity index (χ4n) is 3.66. The van der Waals surface area contributed by atoms with Crippen LogP contribution in [-0.4, -0.2) is 31.1 Å². The van der Waals surface area contributed by atoms with E-state index in [1.165, 1.54) is 17.2 Å². The number of aromatic amines is 1. The first-order valence-corrected chi connectivity index (χ1v) is 9.02. The topological polar surface area (TPSA) is 52.2 Å². The van der Waals surface area contributed by atoms with Crippen molar-refractivity contribution in [3.8, 4) is 0 Å². The molecule has 0 saturated heterocycles. The Morgan fingerprint density at radius 3 is 2.89 bits per heavy atom. The summed E-state index contributed by atoms with van der Waals surface area (Å²) in [6.45, 7) is 1.62. The van der Waals surface area contributed by atoms with Crippen molar-refractivity contribution in [1.82, 2.24) is 15.6 Å². The molecule has 0 saturated carbocycles. The van der Waals surface area contributed by atoms with Gasteiger partial charge in [-0.1, -0.05) is 24.3 Å². The molecule has 2 aromatic carbocycles. The van der Waals surface area contributed by atoms with E-state index in [0.29, 0.717) is 5.92 Å². The van der Waals surface area contributed by atoms with Gasteiger partial charge in [0, 0.05) is 43.2 Å². The summed E-state index contributed by atoms with van der Waals surface area (Å²) in [4.78, 5) is 7.49. The third kappa shape index (κ3) is 4.26. The Labute approximate surface area is 175 Å². The van der Waals surface area contributed by atoms with E-state index in [4.69, 9.17) is 0 Å². The van der Waals surface area contributed by atoms with Gasteiger partial charge in [0.25, 0.3) is 0 Å². The van der Waals surface area contributed by atoms with Gasteiger partial charge in [-0.3, -0.25) is 4.99 Å². The van der Waals surface area contributed by atoms with E-state index in [0.717, 1.165) is 48.4 Å². The molecule has 3 N–H and O–H groups in total. The van der Waals surface area contributed by atoms with Crippen LogP contribution >= 0.6 is 24.0 Å². The number of H-pyrrole nitrogens is 1. The second-order valence-electron chi connectivity index (χ2n) is 6.73. The number of nitrogens with zero attached hydrogens (tertiary/aromatic N) is 1. The van der Waals surface area contributed by atoms with Crippen LogP contribution < -0.4 is 10.6 Å². The summed E-state index contributed by atoms with van der Waals surface area (Å²) in [5, 5.41) is 7.70. The smallest absolute Gasteiger partial charge is 0.191 e. The van der Waals surface area contributed by atoms with Gasteiger partial charge in [-0.15, -0.1) is 24.0 Å². The Morgan fingerprint density at radius 2 is 2.07 bits per heavy atom. The van der Waals surface area contributed by atoms with Crippen molar-refractivity contribution in [3.63, 3.8) is 0 Å². The molecule has 27 heavy (non-hydrogen) atoms. The largest absolute Gasteiger partial charge is 0.361 e.